The van der Waals surface area contributed by atoms with E-state index in [1.165, 1.54) is 25.7 Å². The normalized spacial score (nSPS) is 15.8. The average molecular weight is 484 g/mol. The highest BCUT2D eigenvalue weighted by atomic mass is 16.5. The van der Waals surface area contributed by atoms with Gasteiger partial charge in [-0.1, -0.05) is 12.1 Å². The van der Waals surface area contributed by atoms with Gasteiger partial charge in [-0.3, -0.25) is 0 Å². The number of rotatable bonds is 6. The van der Waals surface area contributed by atoms with E-state index < -0.39 is 0 Å². The molecule has 0 unspecified atom stereocenters. The Kier molecular flexibility index (Phi) is 5.91. The maximum absolute atomic E-state index is 5.46. The quantitative estimate of drug-likeness (QED) is 0.360. The van der Waals surface area contributed by atoms with E-state index in [9.17, 15) is 0 Å². The van der Waals surface area contributed by atoms with E-state index >= 15 is 0 Å². The van der Waals surface area contributed by atoms with E-state index in [1.807, 2.05) is 24.3 Å². The Labute approximate surface area is 212 Å². The average Bonchev–Trinajstić information content (AvgIpc) is 3.70. The molecule has 0 saturated carbocycles. The molecule has 4 aromatic rings. The second-order valence-corrected chi connectivity index (χ2v) is 9.67. The number of fused-ring (bicyclic) bond motifs is 1. The molecule has 36 heavy (non-hydrogen) atoms. The molecule has 2 aliphatic rings. The highest BCUT2D eigenvalue weighted by molar-refractivity contribution is 6.09. The molecule has 2 fully saturated rings. The lowest BCUT2D eigenvalue weighted by atomic mass is 9.98. The van der Waals surface area contributed by atoms with Crippen molar-refractivity contribution in [1.82, 2.24) is 14.5 Å². The summed E-state index contributed by atoms with van der Waals surface area (Å²) >= 11 is 0. The molecule has 7 heteroatoms. The van der Waals surface area contributed by atoms with Crippen molar-refractivity contribution in [2.75, 3.05) is 50.2 Å². The molecular formula is C29H33N5O2. The molecule has 186 valence electrons. The first kappa shape index (κ1) is 22.7. The van der Waals surface area contributed by atoms with Crippen LogP contribution in [0.4, 0.5) is 11.8 Å². The smallest absolute Gasteiger partial charge is 0.229 e. The molecule has 0 atom stereocenters. The fourth-order valence-corrected chi connectivity index (χ4v) is 5.63. The fourth-order valence-electron chi connectivity index (χ4n) is 5.63. The lowest BCUT2D eigenvalue weighted by Gasteiger charge is -2.22. The van der Waals surface area contributed by atoms with E-state index in [0.717, 1.165) is 82.9 Å². The van der Waals surface area contributed by atoms with Crippen LogP contribution in [0.25, 0.3) is 33.4 Å². The largest absolute Gasteiger partial charge is 0.497 e. The van der Waals surface area contributed by atoms with Crippen LogP contribution < -0.4 is 19.3 Å². The SMILES string of the molecule is COc1ccc(-c2c(-c3ccc(OC)cc3)n(C)c3nc(N4CCCC4)nc(N4CCCC4)c23)cc1. The highest BCUT2D eigenvalue weighted by Crippen LogP contribution is 2.45. The van der Waals surface area contributed by atoms with Gasteiger partial charge in [0.25, 0.3) is 0 Å². The van der Waals surface area contributed by atoms with Crippen molar-refractivity contribution in [3.63, 3.8) is 0 Å². The Hall–Kier alpha value is -3.74. The third-order valence-corrected chi connectivity index (χ3v) is 7.54. The summed E-state index contributed by atoms with van der Waals surface area (Å²) in [7, 11) is 5.53. The number of anilines is 2. The zero-order chi connectivity index (χ0) is 24.6. The first-order valence-corrected chi connectivity index (χ1v) is 12.9. The van der Waals surface area contributed by atoms with Crippen molar-refractivity contribution in [3.05, 3.63) is 48.5 Å². The second kappa shape index (κ2) is 9.37. The standard InChI is InChI=1S/C29H33N5O2/c1-32-26(21-10-14-23(36-3)15-11-21)24(20-8-12-22(35-2)13-9-20)25-27(32)30-29(34-18-6-7-19-34)31-28(25)33-16-4-5-17-33/h8-15H,4-7,16-19H2,1-3H3. The van der Waals surface area contributed by atoms with Gasteiger partial charge in [0.15, 0.2) is 0 Å². The first-order chi connectivity index (χ1) is 17.7. The van der Waals surface area contributed by atoms with E-state index in [-0.39, 0.29) is 0 Å². The summed E-state index contributed by atoms with van der Waals surface area (Å²) in [5.74, 6) is 3.60. The number of methoxy groups -OCH3 is 2. The van der Waals surface area contributed by atoms with Crippen LogP contribution in [0.2, 0.25) is 0 Å². The van der Waals surface area contributed by atoms with Gasteiger partial charge in [-0.05, 0) is 73.2 Å². The number of benzene rings is 2. The molecule has 0 radical (unpaired) electrons. The Balaban J connectivity index is 1.66. The molecule has 4 heterocycles. The summed E-state index contributed by atoms with van der Waals surface area (Å²) in [6.45, 7) is 4.10. The van der Waals surface area contributed by atoms with Gasteiger partial charge in [0.05, 0.1) is 25.3 Å². The molecule has 2 aromatic heterocycles. The topological polar surface area (TPSA) is 55.7 Å². The molecule has 2 saturated heterocycles. The molecule has 0 aliphatic carbocycles. The van der Waals surface area contributed by atoms with Crippen LogP contribution in [-0.2, 0) is 7.05 Å². The molecule has 6 rings (SSSR count). The highest BCUT2D eigenvalue weighted by Gasteiger charge is 2.29. The predicted molar refractivity (Wildman–Crippen MR) is 145 cm³/mol. The zero-order valence-corrected chi connectivity index (χ0v) is 21.3. The maximum atomic E-state index is 5.46. The van der Waals surface area contributed by atoms with E-state index in [1.54, 1.807) is 14.2 Å². The molecule has 2 aliphatic heterocycles. The molecule has 2 aromatic carbocycles. The molecule has 7 nitrogen and oxygen atoms in total. The number of nitrogens with zero attached hydrogens (tertiary/aromatic N) is 5. The van der Waals surface area contributed by atoms with Crippen LogP contribution in [0, 0.1) is 0 Å². The summed E-state index contributed by atoms with van der Waals surface area (Å²) in [5, 5.41) is 1.12. The number of hydrogen-bond donors (Lipinski definition) is 0. The van der Waals surface area contributed by atoms with Gasteiger partial charge in [0, 0.05) is 38.8 Å². The minimum atomic E-state index is 0.845. The Morgan fingerprint density at radius 3 is 1.75 bits per heavy atom. The van der Waals surface area contributed by atoms with Crippen LogP contribution in [0.15, 0.2) is 48.5 Å². The number of aryl methyl sites for hydroxylation is 1. The lowest BCUT2D eigenvalue weighted by Crippen LogP contribution is -2.24. The van der Waals surface area contributed by atoms with Crippen LogP contribution in [0.3, 0.4) is 0 Å². The van der Waals surface area contributed by atoms with Crippen molar-refractivity contribution in [2.45, 2.75) is 25.7 Å². The minimum Gasteiger partial charge on any atom is -0.497 e. The van der Waals surface area contributed by atoms with Gasteiger partial charge in [-0.25, -0.2) is 0 Å². The van der Waals surface area contributed by atoms with Crippen molar-refractivity contribution < 1.29 is 9.47 Å². The van der Waals surface area contributed by atoms with Crippen molar-refractivity contribution in [3.8, 4) is 33.9 Å². The van der Waals surface area contributed by atoms with Gasteiger partial charge < -0.3 is 23.8 Å². The Morgan fingerprint density at radius 1 is 0.667 bits per heavy atom. The second-order valence-electron chi connectivity index (χ2n) is 9.67. The summed E-state index contributed by atoms with van der Waals surface area (Å²) in [6.07, 6.45) is 4.78. The lowest BCUT2D eigenvalue weighted by molar-refractivity contribution is 0.414. The summed E-state index contributed by atoms with van der Waals surface area (Å²) in [4.78, 5) is 15.2. The molecular weight excluding hydrogens is 450 g/mol. The summed E-state index contributed by atoms with van der Waals surface area (Å²) in [5.41, 5.74) is 5.52. The van der Waals surface area contributed by atoms with Gasteiger partial charge in [0.1, 0.15) is 23.0 Å². The van der Waals surface area contributed by atoms with Crippen LogP contribution >= 0.6 is 0 Å². The summed E-state index contributed by atoms with van der Waals surface area (Å²) in [6, 6.07) is 16.6. The minimum absolute atomic E-state index is 0.845. The van der Waals surface area contributed by atoms with Crippen LogP contribution in [0.1, 0.15) is 25.7 Å². The van der Waals surface area contributed by atoms with Crippen LogP contribution in [-0.4, -0.2) is 54.9 Å². The van der Waals surface area contributed by atoms with E-state index in [2.05, 4.69) is 45.7 Å². The predicted octanol–water partition coefficient (Wildman–Crippen LogP) is 5.52. The third kappa shape index (κ3) is 3.83. The first-order valence-electron chi connectivity index (χ1n) is 12.9. The number of aromatic nitrogens is 3. The monoisotopic (exact) mass is 483 g/mol. The Morgan fingerprint density at radius 2 is 1.19 bits per heavy atom. The van der Waals surface area contributed by atoms with Crippen molar-refractivity contribution in [2.24, 2.45) is 7.05 Å². The van der Waals surface area contributed by atoms with E-state index in [4.69, 9.17) is 19.4 Å². The molecule has 0 amide bonds. The zero-order valence-electron chi connectivity index (χ0n) is 21.3. The molecule has 0 N–H and O–H groups in total. The van der Waals surface area contributed by atoms with Gasteiger partial charge in [-0.15, -0.1) is 0 Å². The third-order valence-electron chi connectivity index (χ3n) is 7.54. The van der Waals surface area contributed by atoms with Gasteiger partial charge in [0.2, 0.25) is 5.95 Å². The van der Waals surface area contributed by atoms with E-state index in [0.29, 0.717) is 0 Å². The molecule has 0 bridgehead atoms. The van der Waals surface area contributed by atoms with Gasteiger partial charge in [-0.2, -0.15) is 9.97 Å². The maximum Gasteiger partial charge on any atom is 0.229 e. The number of hydrogen-bond acceptors (Lipinski definition) is 6. The van der Waals surface area contributed by atoms with Crippen molar-refractivity contribution in [1.29, 1.82) is 0 Å². The fraction of sp³-hybridized carbons (Fsp3) is 0.379. The van der Waals surface area contributed by atoms with Gasteiger partial charge >= 0.3 is 0 Å². The Bertz CT molecular complexity index is 1370. The molecule has 0 spiro atoms. The number of ether oxygens (including phenoxy) is 2. The van der Waals surface area contributed by atoms with Crippen LogP contribution in [0.5, 0.6) is 11.5 Å². The van der Waals surface area contributed by atoms with Crippen molar-refractivity contribution >= 4 is 22.8 Å². The summed E-state index contributed by atoms with van der Waals surface area (Å²) < 4.78 is 13.1.